The Bertz CT molecular complexity index is 919. The first kappa shape index (κ1) is 19.4. The summed E-state index contributed by atoms with van der Waals surface area (Å²) in [5, 5.41) is 13.4. The van der Waals surface area contributed by atoms with Crippen LogP contribution in [0.2, 0.25) is 5.02 Å². The van der Waals surface area contributed by atoms with E-state index in [2.05, 4.69) is 5.32 Å². The van der Waals surface area contributed by atoms with Crippen molar-refractivity contribution >= 4 is 29.2 Å². The Hall–Kier alpha value is -3.33. The number of fused-ring (bicyclic) bond motifs is 1. The van der Waals surface area contributed by atoms with Gasteiger partial charge in [0.1, 0.15) is 12.7 Å². The Morgan fingerprint density at radius 3 is 2.75 bits per heavy atom. The summed E-state index contributed by atoms with van der Waals surface area (Å²) >= 11 is 5.86. The Labute approximate surface area is 164 Å². The van der Waals surface area contributed by atoms with Gasteiger partial charge in [0, 0.05) is 12.1 Å². The lowest BCUT2D eigenvalue weighted by Crippen LogP contribution is -2.42. The van der Waals surface area contributed by atoms with E-state index in [-0.39, 0.29) is 35.5 Å². The van der Waals surface area contributed by atoms with Crippen molar-refractivity contribution in [3.63, 3.8) is 0 Å². The average molecular weight is 407 g/mol. The molecule has 1 aliphatic rings. The number of nitrogens with zero attached hydrogens (tertiary/aromatic N) is 1. The first-order valence-corrected chi connectivity index (χ1v) is 8.58. The highest BCUT2D eigenvalue weighted by atomic mass is 35.5. The molecule has 1 N–H and O–H groups in total. The van der Waals surface area contributed by atoms with Crippen molar-refractivity contribution in [2.45, 2.75) is 6.10 Å². The summed E-state index contributed by atoms with van der Waals surface area (Å²) in [6.45, 7) is -0.148. The van der Waals surface area contributed by atoms with E-state index in [0.29, 0.717) is 11.5 Å². The number of carbonyl (C=O) groups excluding carboxylic acids is 2. The highest BCUT2D eigenvalue weighted by Crippen LogP contribution is 2.30. The summed E-state index contributed by atoms with van der Waals surface area (Å²) < 4.78 is 16.1. The Balaban J connectivity index is 1.48. The van der Waals surface area contributed by atoms with Gasteiger partial charge >= 0.3 is 5.97 Å². The van der Waals surface area contributed by atoms with Gasteiger partial charge in [-0.2, -0.15) is 0 Å². The molecular weight excluding hydrogens is 392 g/mol. The fraction of sp³-hybridized carbons (Fsp3) is 0.222. The molecule has 1 atom stereocenters. The molecule has 0 aromatic heterocycles. The van der Waals surface area contributed by atoms with Crippen LogP contribution in [0.15, 0.2) is 42.5 Å². The SMILES string of the molecule is O=C(COC(=O)c1cc([N+](=O)[O-])ccc1Cl)NC[C@H]1COc2ccccc2O1. The molecule has 146 valence electrons. The highest BCUT2D eigenvalue weighted by Gasteiger charge is 2.22. The predicted octanol–water partition coefficient (Wildman–Crippen LogP) is 2.36. The fourth-order valence-corrected chi connectivity index (χ4v) is 2.63. The quantitative estimate of drug-likeness (QED) is 0.444. The van der Waals surface area contributed by atoms with Gasteiger partial charge in [-0.3, -0.25) is 14.9 Å². The average Bonchev–Trinajstić information content (AvgIpc) is 2.70. The Morgan fingerprint density at radius 1 is 1.25 bits per heavy atom. The molecule has 3 rings (SSSR count). The van der Waals surface area contributed by atoms with E-state index in [0.717, 1.165) is 12.1 Å². The number of ether oxygens (including phenoxy) is 3. The summed E-state index contributed by atoms with van der Waals surface area (Å²) in [5.41, 5.74) is -0.500. The molecule has 10 heteroatoms. The van der Waals surface area contributed by atoms with Crippen LogP contribution in [0.3, 0.4) is 0 Å². The molecule has 0 spiro atoms. The van der Waals surface area contributed by atoms with Crippen LogP contribution >= 0.6 is 11.6 Å². The number of amides is 1. The molecule has 1 heterocycles. The van der Waals surface area contributed by atoms with Crippen LogP contribution < -0.4 is 14.8 Å². The monoisotopic (exact) mass is 406 g/mol. The van der Waals surface area contributed by atoms with Gasteiger partial charge in [-0.15, -0.1) is 0 Å². The largest absolute Gasteiger partial charge is 0.486 e. The zero-order valence-electron chi connectivity index (χ0n) is 14.4. The zero-order chi connectivity index (χ0) is 20.1. The third kappa shape index (κ3) is 4.68. The summed E-state index contributed by atoms with van der Waals surface area (Å²) in [6, 6.07) is 10.5. The predicted molar refractivity (Wildman–Crippen MR) is 97.8 cm³/mol. The van der Waals surface area contributed by atoms with Gasteiger partial charge in [-0.05, 0) is 18.2 Å². The molecule has 0 aliphatic carbocycles. The van der Waals surface area contributed by atoms with Crippen LogP contribution in [0.4, 0.5) is 5.69 Å². The van der Waals surface area contributed by atoms with E-state index in [1.165, 1.54) is 6.07 Å². The summed E-state index contributed by atoms with van der Waals surface area (Å²) in [7, 11) is 0. The second-order valence-electron chi connectivity index (χ2n) is 5.80. The molecule has 1 amide bonds. The molecule has 2 aromatic rings. The van der Waals surface area contributed by atoms with Crippen molar-refractivity contribution in [2.24, 2.45) is 0 Å². The maximum Gasteiger partial charge on any atom is 0.340 e. The summed E-state index contributed by atoms with van der Waals surface area (Å²) in [6.07, 6.45) is -0.388. The number of nitrogens with one attached hydrogen (secondary N) is 1. The number of nitro groups is 1. The lowest BCUT2D eigenvalue weighted by atomic mass is 10.2. The Kier molecular flexibility index (Phi) is 5.95. The molecule has 0 fully saturated rings. The number of carbonyl (C=O) groups is 2. The topological polar surface area (TPSA) is 117 Å². The van der Waals surface area contributed by atoms with E-state index < -0.39 is 23.4 Å². The van der Waals surface area contributed by atoms with Crippen LogP contribution in [0.1, 0.15) is 10.4 Å². The van der Waals surface area contributed by atoms with E-state index in [9.17, 15) is 19.7 Å². The minimum atomic E-state index is -0.935. The number of para-hydroxylation sites is 2. The van der Waals surface area contributed by atoms with Crippen molar-refractivity contribution in [3.05, 3.63) is 63.2 Å². The third-order valence-corrected chi connectivity index (χ3v) is 4.14. The van der Waals surface area contributed by atoms with Gasteiger partial charge in [0.05, 0.1) is 22.1 Å². The van der Waals surface area contributed by atoms with Crippen LogP contribution in [-0.2, 0) is 9.53 Å². The second-order valence-corrected chi connectivity index (χ2v) is 6.21. The summed E-state index contributed by atoms with van der Waals surface area (Å²) in [5.74, 6) is -0.278. The van der Waals surface area contributed by atoms with E-state index in [1.54, 1.807) is 12.1 Å². The van der Waals surface area contributed by atoms with Crippen LogP contribution in [-0.4, -0.2) is 42.7 Å². The van der Waals surface area contributed by atoms with Crippen LogP contribution in [0, 0.1) is 10.1 Å². The van der Waals surface area contributed by atoms with Crippen LogP contribution in [0.5, 0.6) is 11.5 Å². The number of halogens is 1. The van der Waals surface area contributed by atoms with Gasteiger partial charge in [-0.25, -0.2) is 4.79 Å². The van der Waals surface area contributed by atoms with E-state index in [1.807, 2.05) is 12.1 Å². The Morgan fingerprint density at radius 2 is 2.00 bits per heavy atom. The van der Waals surface area contributed by atoms with Gasteiger partial charge in [0.15, 0.2) is 18.1 Å². The van der Waals surface area contributed by atoms with Crippen molar-refractivity contribution in [3.8, 4) is 11.5 Å². The van der Waals surface area contributed by atoms with Crippen molar-refractivity contribution in [1.82, 2.24) is 5.32 Å². The zero-order valence-corrected chi connectivity index (χ0v) is 15.2. The maximum absolute atomic E-state index is 12.0. The molecule has 9 nitrogen and oxygen atoms in total. The van der Waals surface area contributed by atoms with Gasteiger partial charge in [0.2, 0.25) is 0 Å². The van der Waals surface area contributed by atoms with Gasteiger partial charge < -0.3 is 19.5 Å². The standard InChI is InChI=1S/C18H15ClN2O7/c19-14-6-5-11(21(24)25)7-13(14)18(23)27-10-17(22)20-8-12-9-26-15-3-1-2-4-16(15)28-12/h1-7,12H,8-10H2,(H,20,22)/t12-/m0/s1. The number of hydrogen-bond donors (Lipinski definition) is 1. The first-order valence-electron chi connectivity index (χ1n) is 8.20. The number of rotatable bonds is 6. The third-order valence-electron chi connectivity index (χ3n) is 3.81. The fourth-order valence-electron chi connectivity index (χ4n) is 2.43. The van der Waals surface area contributed by atoms with Crippen molar-refractivity contribution in [1.29, 1.82) is 0 Å². The lowest BCUT2D eigenvalue weighted by molar-refractivity contribution is -0.384. The van der Waals surface area contributed by atoms with Crippen molar-refractivity contribution in [2.75, 3.05) is 19.8 Å². The molecule has 28 heavy (non-hydrogen) atoms. The molecule has 1 aliphatic heterocycles. The number of benzene rings is 2. The van der Waals surface area contributed by atoms with Gasteiger partial charge in [-0.1, -0.05) is 23.7 Å². The lowest BCUT2D eigenvalue weighted by Gasteiger charge is -2.26. The maximum atomic E-state index is 12.0. The number of non-ortho nitro benzene ring substituents is 1. The molecule has 0 unspecified atom stereocenters. The first-order chi connectivity index (χ1) is 13.4. The number of hydrogen-bond acceptors (Lipinski definition) is 7. The normalized spacial score (nSPS) is 14.8. The second kappa shape index (κ2) is 8.57. The molecule has 0 saturated heterocycles. The van der Waals surface area contributed by atoms with E-state index >= 15 is 0 Å². The molecule has 0 radical (unpaired) electrons. The summed E-state index contributed by atoms with van der Waals surface area (Å²) in [4.78, 5) is 34.1. The molecular formula is C18H15ClN2O7. The van der Waals surface area contributed by atoms with Crippen molar-refractivity contribution < 1.29 is 28.7 Å². The van der Waals surface area contributed by atoms with E-state index in [4.69, 9.17) is 25.8 Å². The number of esters is 1. The highest BCUT2D eigenvalue weighted by molar-refractivity contribution is 6.33. The van der Waals surface area contributed by atoms with Crippen LogP contribution in [0.25, 0.3) is 0 Å². The van der Waals surface area contributed by atoms with Gasteiger partial charge in [0.25, 0.3) is 11.6 Å². The number of nitro benzene ring substituents is 1. The smallest absolute Gasteiger partial charge is 0.340 e. The molecule has 0 bridgehead atoms. The molecule has 0 saturated carbocycles. The minimum Gasteiger partial charge on any atom is -0.486 e. The molecule has 2 aromatic carbocycles. The minimum absolute atomic E-state index is 0.0116.